The Bertz CT molecular complexity index is 546. The first-order chi connectivity index (χ1) is 10.3. The van der Waals surface area contributed by atoms with Gasteiger partial charge in [0, 0.05) is 13.1 Å². The summed E-state index contributed by atoms with van der Waals surface area (Å²) in [6, 6.07) is 4.51. The number of carboxylic acid groups (broad SMARTS) is 1. The smallest absolute Gasteiger partial charge is 0.416 e. The van der Waals surface area contributed by atoms with Crippen molar-refractivity contribution in [1.82, 2.24) is 4.90 Å². The Morgan fingerprint density at radius 1 is 1.14 bits per heavy atom. The lowest BCUT2D eigenvalue weighted by Gasteiger charge is -2.30. The maximum absolute atomic E-state index is 12.5. The molecule has 0 unspecified atom stereocenters. The molecule has 1 N–H and O–H groups in total. The Hall–Kier alpha value is -2.05. The first-order valence-electron chi connectivity index (χ1n) is 6.94. The van der Waals surface area contributed by atoms with Gasteiger partial charge in [0.2, 0.25) is 5.91 Å². The lowest BCUT2D eigenvalue weighted by molar-refractivity contribution is -0.145. The molecule has 0 spiro atoms. The summed E-state index contributed by atoms with van der Waals surface area (Å²) in [6.07, 6.45) is -3.54. The highest BCUT2D eigenvalue weighted by Crippen LogP contribution is 2.29. The summed E-state index contributed by atoms with van der Waals surface area (Å²) >= 11 is 0. The quantitative estimate of drug-likeness (QED) is 0.932. The van der Waals surface area contributed by atoms with Crippen molar-refractivity contribution in [3.8, 4) is 0 Å². The molecule has 22 heavy (non-hydrogen) atoms. The highest BCUT2D eigenvalue weighted by atomic mass is 19.4. The number of carbonyl (C=O) groups excluding carboxylic acids is 1. The van der Waals surface area contributed by atoms with E-state index in [0.717, 1.165) is 12.1 Å². The molecule has 4 nitrogen and oxygen atoms in total. The number of likely N-dealkylation sites (tertiary alicyclic amines) is 1. The monoisotopic (exact) mass is 315 g/mol. The Labute approximate surface area is 125 Å². The van der Waals surface area contributed by atoms with Crippen molar-refractivity contribution in [3.05, 3.63) is 35.4 Å². The molecule has 1 aromatic carbocycles. The molecule has 1 aliphatic heterocycles. The van der Waals surface area contributed by atoms with E-state index in [1.54, 1.807) is 4.90 Å². The Kier molecular flexibility index (Phi) is 4.73. The van der Waals surface area contributed by atoms with Crippen LogP contribution in [0.1, 0.15) is 24.0 Å². The predicted octanol–water partition coefficient (Wildman–Crippen LogP) is 2.57. The zero-order valence-corrected chi connectivity index (χ0v) is 11.8. The molecule has 0 aliphatic carbocycles. The van der Waals surface area contributed by atoms with Crippen molar-refractivity contribution in [2.45, 2.75) is 25.4 Å². The summed E-state index contributed by atoms with van der Waals surface area (Å²) in [5.41, 5.74) is -0.232. The number of carbonyl (C=O) groups is 2. The highest BCUT2D eigenvalue weighted by Gasteiger charge is 2.30. The number of benzene rings is 1. The number of hydrogen-bond donors (Lipinski definition) is 1. The molecule has 1 saturated heterocycles. The average molecular weight is 315 g/mol. The topological polar surface area (TPSA) is 57.6 Å². The number of alkyl halides is 3. The van der Waals surface area contributed by atoms with Crippen LogP contribution in [0, 0.1) is 5.92 Å². The van der Waals surface area contributed by atoms with Gasteiger partial charge < -0.3 is 10.0 Å². The molecule has 2 rings (SSSR count). The van der Waals surface area contributed by atoms with Gasteiger partial charge in [0.1, 0.15) is 0 Å². The molecule has 0 atom stereocenters. The van der Waals surface area contributed by atoms with Crippen molar-refractivity contribution in [3.63, 3.8) is 0 Å². The number of carboxylic acids is 1. The molecule has 7 heteroatoms. The van der Waals surface area contributed by atoms with Crippen LogP contribution in [-0.4, -0.2) is 35.0 Å². The van der Waals surface area contributed by atoms with Crippen LogP contribution in [0.3, 0.4) is 0 Å². The number of hydrogen-bond acceptors (Lipinski definition) is 2. The second kappa shape index (κ2) is 6.37. The number of nitrogens with zero attached hydrogens (tertiary/aromatic N) is 1. The van der Waals surface area contributed by atoms with Crippen LogP contribution in [-0.2, 0) is 22.2 Å². The summed E-state index contributed by atoms with van der Waals surface area (Å²) in [5.74, 6) is -1.46. The maximum atomic E-state index is 12.5. The van der Waals surface area contributed by atoms with Gasteiger partial charge >= 0.3 is 12.1 Å². The molecule has 1 amide bonds. The van der Waals surface area contributed by atoms with Crippen molar-refractivity contribution in [2.24, 2.45) is 5.92 Å². The van der Waals surface area contributed by atoms with E-state index in [2.05, 4.69) is 0 Å². The van der Waals surface area contributed by atoms with Crippen LogP contribution in [0.2, 0.25) is 0 Å². The van der Waals surface area contributed by atoms with Gasteiger partial charge in [0.05, 0.1) is 17.9 Å². The van der Waals surface area contributed by atoms with E-state index in [-0.39, 0.29) is 12.3 Å². The van der Waals surface area contributed by atoms with E-state index in [9.17, 15) is 22.8 Å². The molecular formula is C15H16F3NO3. The third kappa shape index (κ3) is 3.99. The SMILES string of the molecule is O=C(O)C1CCN(C(=O)Cc2ccc(C(F)(F)F)cc2)CC1. The highest BCUT2D eigenvalue weighted by molar-refractivity contribution is 5.79. The molecule has 1 fully saturated rings. The van der Waals surface area contributed by atoms with Crippen molar-refractivity contribution in [2.75, 3.05) is 13.1 Å². The van der Waals surface area contributed by atoms with Crippen molar-refractivity contribution >= 4 is 11.9 Å². The molecule has 1 aromatic rings. The van der Waals surface area contributed by atoms with Crippen LogP contribution >= 0.6 is 0 Å². The minimum absolute atomic E-state index is 0.0237. The zero-order valence-electron chi connectivity index (χ0n) is 11.8. The average Bonchev–Trinajstić information content (AvgIpc) is 2.47. The zero-order chi connectivity index (χ0) is 16.3. The molecule has 120 valence electrons. The number of rotatable bonds is 3. The van der Waals surface area contributed by atoms with Gasteiger partial charge in [-0.25, -0.2) is 0 Å². The fraction of sp³-hybridized carbons (Fsp3) is 0.467. The van der Waals surface area contributed by atoms with Crippen LogP contribution in [0.5, 0.6) is 0 Å². The molecule has 0 aromatic heterocycles. The van der Waals surface area contributed by atoms with E-state index in [4.69, 9.17) is 5.11 Å². The standard InChI is InChI=1S/C15H16F3NO3/c16-15(17,18)12-3-1-10(2-4-12)9-13(20)19-7-5-11(6-8-19)14(21)22/h1-4,11H,5-9H2,(H,21,22). The minimum Gasteiger partial charge on any atom is -0.481 e. The maximum Gasteiger partial charge on any atom is 0.416 e. The summed E-state index contributed by atoms with van der Waals surface area (Å²) in [6.45, 7) is 0.743. The summed E-state index contributed by atoms with van der Waals surface area (Å²) in [5, 5.41) is 8.89. The second-order valence-corrected chi connectivity index (χ2v) is 5.36. The third-order valence-electron chi connectivity index (χ3n) is 3.83. The van der Waals surface area contributed by atoms with Gasteiger partial charge in [-0.1, -0.05) is 12.1 Å². The van der Waals surface area contributed by atoms with Gasteiger partial charge in [0.15, 0.2) is 0 Å². The van der Waals surface area contributed by atoms with E-state index < -0.39 is 23.6 Å². The van der Waals surface area contributed by atoms with Gasteiger partial charge in [-0.2, -0.15) is 13.2 Å². The molecule has 1 heterocycles. The van der Waals surface area contributed by atoms with E-state index >= 15 is 0 Å². The second-order valence-electron chi connectivity index (χ2n) is 5.36. The number of amides is 1. The Morgan fingerprint density at radius 3 is 2.14 bits per heavy atom. The van der Waals surface area contributed by atoms with Crippen LogP contribution < -0.4 is 0 Å². The fourth-order valence-electron chi connectivity index (χ4n) is 2.47. The van der Waals surface area contributed by atoms with E-state index in [1.807, 2.05) is 0 Å². The Morgan fingerprint density at radius 2 is 1.68 bits per heavy atom. The van der Waals surface area contributed by atoms with E-state index in [1.165, 1.54) is 12.1 Å². The Balaban J connectivity index is 1.91. The van der Waals surface area contributed by atoms with Crippen molar-refractivity contribution in [1.29, 1.82) is 0 Å². The third-order valence-corrected chi connectivity index (χ3v) is 3.83. The normalized spacial score (nSPS) is 16.6. The number of aliphatic carboxylic acids is 1. The van der Waals surface area contributed by atoms with Gasteiger partial charge in [-0.05, 0) is 30.5 Å². The van der Waals surface area contributed by atoms with Gasteiger partial charge in [-0.3, -0.25) is 9.59 Å². The molecule has 0 saturated carbocycles. The van der Waals surface area contributed by atoms with Crippen molar-refractivity contribution < 1.29 is 27.9 Å². The predicted molar refractivity (Wildman–Crippen MR) is 72.1 cm³/mol. The molecular weight excluding hydrogens is 299 g/mol. The summed E-state index contributed by atoms with van der Waals surface area (Å²) in [4.78, 5) is 24.5. The van der Waals surface area contributed by atoms with Gasteiger partial charge in [0.25, 0.3) is 0 Å². The van der Waals surface area contributed by atoms with Crippen LogP contribution in [0.15, 0.2) is 24.3 Å². The number of halogens is 3. The summed E-state index contributed by atoms with van der Waals surface area (Å²) < 4.78 is 37.4. The molecule has 0 radical (unpaired) electrons. The first-order valence-corrected chi connectivity index (χ1v) is 6.94. The van der Waals surface area contributed by atoms with Crippen LogP contribution in [0.25, 0.3) is 0 Å². The lowest BCUT2D eigenvalue weighted by Crippen LogP contribution is -2.40. The van der Waals surface area contributed by atoms with Crippen LogP contribution in [0.4, 0.5) is 13.2 Å². The minimum atomic E-state index is -4.39. The number of piperidine rings is 1. The fourth-order valence-corrected chi connectivity index (χ4v) is 2.47. The largest absolute Gasteiger partial charge is 0.481 e. The molecule has 0 bridgehead atoms. The lowest BCUT2D eigenvalue weighted by atomic mass is 9.96. The first kappa shape index (κ1) is 16.3. The summed E-state index contributed by atoms with van der Waals surface area (Å²) in [7, 11) is 0. The molecule has 1 aliphatic rings. The van der Waals surface area contributed by atoms with E-state index in [0.29, 0.717) is 31.5 Å². The van der Waals surface area contributed by atoms with Gasteiger partial charge in [-0.15, -0.1) is 0 Å².